The number of furan rings is 1. The minimum Gasteiger partial charge on any atom is -0.462 e. The zero-order valence-electron chi connectivity index (χ0n) is 16.0. The summed E-state index contributed by atoms with van der Waals surface area (Å²) in [4.78, 5) is 0. The first-order valence-electron chi connectivity index (χ1n) is 9.68. The smallest absolute Gasteiger partial charge is 0.158 e. The van der Waals surface area contributed by atoms with Crippen LogP contribution in [0.25, 0.3) is 33.2 Å². The summed E-state index contributed by atoms with van der Waals surface area (Å²) in [5.41, 5.74) is 8.09. The molecule has 1 N–H and O–H groups in total. The zero-order chi connectivity index (χ0) is 18.6. The van der Waals surface area contributed by atoms with E-state index in [1.54, 1.807) is 6.26 Å². The lowest BCUT2D eigenvalue weighted by Crippen LogP contribution is -2.03. The molecule has 0 bridgehead atoms. The molecule has 4 aromatic rings. The molecule has 0 radical (unpaired) electrons. The highest BCUT2D eigenvalue weighted by atomic mass is 16.3. The van der Waals surface area contributed by atoms with E-state index in [0.29, 0.717) is 0 Å². The van der Waals surface area contributed by atoms with E-state index < -0.39 is 0 Å². The molecule has 1 aromatic heterocycles. The molecule has 1 heterocycles. The van der Waals surface area contributed by atoms with E-state index in [9.17, 15) is 0 Å². The topological polar surface area (TPSA) is 25.2 Å². The fourth-order valence-electron chi connectivity index (χ4n) is 3.51. The van der Waals surface area contributed by atoms with Gasteiger partial charge in [-0.05, 0) is 42.2 Å². The standard InChI is InChI=1S/C25H25NO/c1-3-4-15-26-24-23(20-12-10-18(2)11-13-20)17-22(19-8-6-5-7-9-19)21-14-16-27-25(21)24/h5-14,16-17,26H,3-4,15H2,1-2H3. The van der Waals surface area contributed by atoms with Crippen LogP contribution in [-0.4, -0.2) is 6.54 Å². The van der Waals surface area contributed by atoms with Crippen LogP contribution in [0.3, 0.4) is 0 Å². The van der Waals surface area contributed by atoms with Crippen LogP contribution < -0.4 is 5.32 Å². The van der Waals surface area contributed by atoms with Crippen LogP contribution in [0.5, 0.6) is 0 Å². The van der Waals surface area contributed by atoms with E-state index in [1.807, 2.05) is 0 Å². The summed E-state index contributed by atoms with van der Waals surface area (Å²) in [6.45, 7) is 5.27. The number of nitrogens with one attached hydrogen (secondary N) is 1. The van der Waals surface area contributed by atoms with Gasteiger partial charge in [-0.15, -0.1) is 0 Å². The van der Waals surface area contributed by atoms with Crippen molar-refractivity contribution in [1.29, 1.82) is 0 Å². The van der Waals surface area contributed by atoms with Gasteiger partial charge in [0.05, 0.1) is 12.0 Å². The molecule has 136 valence electrons. The summed E-state index contributed by atoms with van der Waals surface area (Å²) in [7, 11) is 0. The molecule has 3 aromatic carbocycles. The molecule has 0 saturated heterocycles. The SMILES string of the molecule is CCCCNc1c(-c2ccc(C)cc2)cc(-c2ccccc2)c2ccoc12. The van der Waals surface area contributed by atoms with Gasteiger partial charge in [-0.2, -0.15) is 0 Å². The molecule has 2 heteroatoms. The maximum atomic E-state index is 5.97. The maximum absolute atomic E-state index is 5.97. The molecule has 4 rings (SSSR count). The lowest BCUT2D eigenvalue weighted by atomic mass is 9.94. The maximum Gasteiger partial charge on any atom is 0.158 e. The monoisotopic (exact) mass is 355 g/mol. The average Bonchev–Trinajstić information content (AvgIpc) is 3.19. The third kappa shape index (κ3) is 3.48. The van der Waals surface area contributed by atoms with E-state index in [-0.39, 0.29) is 0 Å². The summed E-state index contributed by atoms with van der Waals surface area (Å²) in [6.07, 6.45) is 4.09. The molecule has 0 spiro atoms. The molecule has 2 nitrogen and oxygen atoms in total. The quantitative estimate of drug-likeness (QED) is 0.367. The highest BCUT2D eigenvalue weighted by molar-refractivity contribution is 6.06. The molecule has 0 aliphatic heterocycles. The van der Waals surface area contributed by atoms with Gasteiger partial charge in [0.2, 0.25) is 0 Å². The second-order valence-electron chi connectivity index (χ2n) is 7.02. The largest absolute Gasteiger partial charge is 0.462 e. The molecule has 27 heavy (non-hydrogen) atoms. The molecule has 0 aliphatic rings. The first kappa shape index (κ1) is 17.4. The molecule has 0 unspecified atom stereocenters. The zero-order valence-corrected chi connectivity index (χ0v) is 16.0. The first-order valence-corrected chi connectivity index (χ1v) is 9.68. The first-order chi connectivity index (χ1) is 13.3. The number of hydrogen-bond acceptors (Lipinski definition) is 2. The van der Waals surface area contributed by atoms with Crippen molar-refractivity contribution in [2.45, 2.75) is 26.7 Å². The Morgan fingerprint density at radius 3 is 2.33 bits per heavy atom. The van der Waals surface area contributed by atoms with Crippen LogP contribution >= 0.6 is 0 Å². The van der Waals surface area contributed by atoms with Crippen LogP contribution in [0, 0.1) is 6.92 Å². The van der Waals surface area contributed by atoms with Crippen LogP contribution in [-0.2, 0) is 0 Å². The molecule has 0 amide bonds. The van der Waals surface area contributed by atoms with Gasteiger partial charge in [0, 0.05) is 17.5 Å². The highest BCUT2D eigenvalue weighted by Gasteiger charge is 2.17. The summed E-state index contributed by atoms with van der Waals surface area (Å²) >= 11 is 0. The Hall–Kier alpha value is -3.00. The Kier molecular flexibility index (Phi) is 4.97. The van der Waals surface area contributed by atoms with E-state index in [2.05, 4.69) is 85.9 Å². The fourth-order valence-corrected chi connectivity index (χ4v) is 3.51. The second-order valence-corrected chi connectivity index (χ2v) is 7.02. The van der Waals surface area contributed by atoms with Crippen molar-refractivity contribution in [2.75, 3.05) is 11.9 Å². The summed E-state index contributed by atoms with van der Waals surface area (Å²) in [6, 6.07) is 23.6. The van der Waals surface area contributed by atoms with Crippen molar-refractivity contribution in [2.24, 2.45) is 0 Å². The lowest BCUT2D eigenvalue weighted by molar-refractivity contribution is 0.616. The number of fused-ring (bicyclic) bond motifs is 1. The Labute approximate surface area is 160 Å². The Bertz CT molecular complexity index is 1030. The van der Waals surface area contributed by atoms with Gasteiger partial charge in [-0.1, -0.05) is 73.5 Å². The molecule has 0 aliphatic carbocycles. The van der Waals surface area contributed by atoms with Crippen molar-refractivity contribution in [3.05, 3.63) is 78.6 Å². The number of aryl methyl sites for hydroxylation is 1. The van der Waals surface area contributed by atoms with Gasteiger partial charge in [-0.3, -0.25) is 0 Å². The van der Waals surface area contributed by atoms with E-state index in [1.165, 1.54) is 27.8 Å². The predicted molar refractivity (Wildman–Crippen MR) is 115 cm³/mol. The lowest BCUT2D eigenvalue weighted by Gasteiger charge is -2.16. The Balaban J connectivity index is 1.94. The van der Waals surface area contributed by atoms with Crippen LogP contribution in [0.15, 0.2) is 77.4 Å². The van der Waals surface area contributed by atoms with Crippen molar-refractivity contribution in [3.63, 3.8) is 0 Å². The summed E-state index contributed by atoms with van der Waals surface area (Å²) in [5.74, 6) is 0. The van der Waals surface area contributed by atoms with Crippen molar-refractivity contribution < 1.29 is 4.42 Å². The minimum atomic E-state index is 0.933. The highest BCUT2D eigenvalue weighted by Crippen LogP contribution is 2.41. The normalized spacial score (nSPS) is 11.0. The Morgan fingerprint density at radius 1 is 0.852 bits per heavy atom. The molecule has 0 saturated carbocycles. The number of rotatable bonds is 6. The van der Waals surface area contributed by atoms with E-state index in [4.69, 9.17) is 4.42 Å². The van der Waals surface area contributed by atoms with Gasteiger partial charge >= 0.3 is 0 Å². The molecule has 0 atom stereocenters. The third-order valence-electron chi connectivity index (χ3n) is 5.02. The fraction of sp³-hybridized carbons (Fsp3) is 0.200. The van der Waals surface area contributed by atoms with Gasteiger partial charge in [0.1, 0.15) is 0 Å². The van der Waals surface area contributed by atoms with Crippen molar-refractivity contribution in [3.8, 4) is 22.3 Å². The van der Waals surface area contributed by atoms with E-state index in [0.717, 1.165) is 36.0 Å². The van der Waals surface area contributed by atoms with Crippen LogP contribution in [0.1, 0.15) is 25.3 Å². The minimum absolute atomic E-state index is 0.933. The van der Waals surface area contributed by atoms with E-state index >= 15 is 0 Å². The summed E-state index contributed by atoms with van der Waals surface area (Å²) < 4.78 is 5.97. The van der Waals surface area contributed by atoms with Crippen LogP contribution in [0.4, 0.5) is 5.69 Å². The predicted octanol–water partition coefficient (Wildman–Crippen LogP) is 7.29. The third-order valence-corrected chi connectivity index (χ3v) is 5.02. The molecular formula is C25H25NO. The molecule has 0 fully saturated rings. The van der Waals surface area contributed by atoms with Crippen molar-refractivity contribution in [1.82, 2.24) is 0 Å². The van der Waals surface area contributed by atoms with Gasteiger partial charge in [0.25, 0.3) is 0 Å². The average molecular weight is 355 g/mol. The number of unbranched alkanes of at least 4 members (excludes halogenated alkanes) is 1. The van der Waals surface area contributed by atoms with Gasteiger partial charge < -0.3 is 9.73 Å². The van der Waals surface area contributed by atoms with Crippen LogP contribution in [0.2, 0.25) is 0 Å². The van der Waals surface area contributed by atoms with Gasteiger partial charge in [0.15, 0.2) is 5.58 Å². The van der Waals surface area contributed by atoms with Gasteiger partial charge in [-0.25, -0.2) is 0 Å². The summed E-state index contributed by atoms with van der Waals surface area (Å²) in [5, 5.41) is 4.79. The number of hydrogen-bond donors (Lipinski definition) is 1. The number of benzene rings is 3. The van der Waals surface area contributed by atoms with Crippen molar-refractivity contribution >= 4 is 16.7 Å². The number of anilines is 1. The molecular weight excluding hydrogens is 330 g/mol. The Morgan fingerprint density at radius 2 is 1.59 bits per heavy atom. The second kappa shape index (κ2) is 7.71.